The van der Waals surface area contributed by atoms with Gasteiger partial charge in [-0.25, -0.2) is 8.42 Å². The maximum absolute atomic E-state index is 11.6. The summed E-state index contributed by atoms with van der Waals surface area (Å²) < 4.78 is 30.1. The monoisotopic (exact) mass is 207 g/mol. The van der Waals surface area contributed by atoms with Gasteiger partial charge in [-0.15, -0.1) is 0 Å². The summed E-state index contributed by atoms with van der Waals surface area (Å²) in [6.07, 6.45) is 0. The molecular formula is C8H17NO3S. The second-order valence-electron chi connectivity index (χ2n) is 3.47. The Balaban J connectivity index is 2.86. The third kappa shape index (κ3) is 2.21. The first-order valence-corrected chi connectivity index (χ1v) is 6.19. The van der Waals surface area contributed by atoms with Gasteiger partial charge in [0, 0.05) is 12.1 Å². The van der Waals surface area contributed by atoms with Crippen LogP contribution in [0.2, 0.25) is 0 Å². The summed E-state index contributed by atoms with van der Waals surface area (Å²) in [6, 6.07) is -0.0672. The molecule has 0 aromatic rings. The van der Waals surface area contributed by atoms with Crippen LogP contribution in [0.4, 0.5) is 0 Å². The molecule has 1 saturated heterocycles. The molecule has 78 valence electrons. The van der Waals surface area contributed by atoms with Crippen molar-refractivity contribution in [3.8, 4) is 0 Å². The lowest BCUT2D eigenvalue weighted by Gasteiger charge is -2.37. The zero-order chi connectivity index (χ0) is 10.1. The summed E-state index contributed by atoms with van der Waals surface area (Å²) in [7, 11) is -3.07. The highest BCUT2D eigenvalue weighted by Gasteiger charge is 2.33. The van der Waals surface area contributed by atoms with Crippen LogP contribution < -0.4 is 0 Å². The maximum Gasteiger partial charge on any atom is 0.214 e. The van der Waals surface area contributed by atoms with Crippen LogP contribution in [0.25, 0.3) is 0 Å². The first kappa shape index (κ1) is 10.9. The third-order valence-electron chi connectivity index (χ3n) is 2.27. The van der Waals surface area contributed by atoms with Gasteiger partial charge in [-0.3, -0.25) is 0 Å². The van der Waals surface area contributed by atoms with Gasteiger partial charge in [0.15, 0.2) is 0 Å². The minimum absolute atomic E-state index is 0.0336. The van der Waals surface area contributed by atoms with E-state index in [2.05, 4.69) is 0 Å². The van der Waals surface area contributed by atoms with Gasteiger partial charge in [-0.05, 0) is 20.8 Å². The summed E-state index contributed by atoms with van der Waals surface area (Å²) in [5.41, 5.74) is 0. The molecular weight excluding hydrogens is 190 g/mol. The van der Waals surface area contributed by atoms with Crippen molar-refractivity contribution in [3.63, 3.8) is 0 Å². The van der Waals surface area contributed by atoms with Gasteiger partial charge in [0.05, 0.1) is 19.0 Å². The van der Waals surface area contributed by atoms with Crippen LogP contribution in [-0.2, 0) is 14.8 Å². The predicted octanol–water partition coefficient (Wildman–Crippen LogP) is 0.445. The minimum Gasteiger partial charge on any atom is -0.378 e. The van der Waals surface area contributed by atoms with Crippen LogP contribution in [0, 0.1) is 0 Å². The highest BCUT2D eigenvalue weighted by molar-refractivity contribution is 7.89. The van der Waals surface area contributed by atoms with Crippen LogP contribution in [0.15, 0.2) is 0 Å². The largest absolute Gasteiger partial charge is 0.378 e. The van der Waals surface area contributed by atoms with Crippen molar-refractivity contribution in [2.75, 3.05) is 19.0 Å². The zero-order valence-corrected chi connectivity index (χ0v) is 9.17. The fourth-order valence-electron chi connectivity index (χ4n) is 1.69. The van der Waals surface area contributed by atoms with Crippen molar-refractivity contribution in [3.05, 3.63) is 0 Å². The number of ether oxygens (including phenoxy) is 1. The van der Waals surface area contributed by atoms with E-state index in [1.54, 1.807) is 11.2 Å². The summed E-state index contributed by atoms with van der Waals surface area (Å²) in [6.45, 7) is 6.43. The Hall–Kier alpha value is -0.130. The topological polar surface area (TPSA) is 46.6 Å². The Morgan fingerprint density at radius 1 is 1.31 bits per heavy atom. The molecule has 0 amide bonds. The standard InChI is InChI=1S/C8H17NO3S/c1-4-13(10,11)9-7(2)5-12-6-8(9)3/h7-8H,4-6H2,1-3H3/t7-,8+. The average Bonchev–Trinajstić information content (AvgIpc) is 2.03. The SMILES string of the molecule is CCS(=O)(=O)N1[C@H](C)COC[C@@H]1C. The lowest BCUT2D eigenvalue weighted by molar-refractivity contribution is 0.00645. The summed E-state index contributed by atoms with van der Waals surface area (Å²) in [5, 5.41) is 0. The van der Waals surface area contributed by atoms with E-state index in [1.807, 2.05) is 13.8 Å². The molecule has 0 saturated carbocycles. The molecule has 0 unspecified atom stereocenters. The number of morpholine rings is 1. The number of hydrogen-bond acceptors (Lipinski definition) is 3. The second kappa shape index (κ2) is 3.94. The molecule has 1 rings (SSSR count). The average molecular weight is 207 g/mol. The molecule has 0 aliphatic carbocycles. The zero-order valence-electron chi connectivity index (χ0n) is 8.36. The highest BCUT2D eigenvalue weighted by atomic mass is 32.2. The van der Waals surface area contributed by atoms with Gasteiger partial charge in [0.25, 0.3) is 0 Å². The molecule has 0 radical (unpaired) electrons. The first-order valence-electron chi connectivity index (χ1n) is 4.58. The van der Waals surface area contributed by atoms with Crippen molar-refractivity contribution in [2.24, 2.45) is 0 Å². The lowest BCUT2D eigenvalue weighted by atomic mass is 10.2. The minimum atomic E-state index is -3.07. The fourth-order valence-corrected chi connectivity index (χ4v) is 3.20. The van der Waals surface area contributed by atoms with Crippen LogP contribution >= 0.6 is 0 Å². The van der Waals surface area contributed by atoms with E-state index in [-0.39, 0.29) is 17.8 Å². The number of sulfonamides is 1. The van der Waals surface area contributed by atoms with Crippen LogP contribution in [0.1, 0.15) is 20.8 Å². The Morgan fingerprint density at radius 2 is 1.77 bits per heavy atom. The van der Waals surface area contributed by atoms with Crippen LogP contribution in [-0.4, -0.2) is 43.8 Å². The van der Waals surface area contributed by atoms with Gasteiger partial charge < -0.3 is 4.74 Å². The molecule has 1 heterocycles. The summed E-state index contributed by atoms with van der Waals surface area (Å²) in [5.74, 6) is 0.168. The first-order chi connectivity index (χ1) is 5.99. The smallest absolute Gasteiger partial charge is 0.214 e. The highest BCUT2D eigenvalue weighted by Crippen LogP contribution is 2.17. The van der Waals surface area contributed by atoms with Crippen molar-refractivity contribution in [1.29, 1.82) is 0 Å². The van der Waals surface area contributed by atoms with E-state index in [0.29, 0.717) is 13.2 Å². The molecule has 13 heavy (non-hydrogen) atoms. The van der Waals surface area contributed by atoms with Gasteiger partial charge in [0.1, 0.15) is 0 Å². The van der Waals surface area contributed by atoms with Crippen molar-refractivity contribution >= 4 is 10.0 Å². The van der Waals surface area contributed by atoms with Gasteiger partial charge in [-0.2, -0.15) is 4.31 Å². The van der Waals surface area contributed by atoms with Crippen LogP contribution in [0.3, 0.4) is 0 Å². The van der Waals surface area contributed by atoms with Crippen molar-refractivity contribution < 1.29 is 13.2 Å². The molecule has 0 bridgehead atoms. The quantitative estimate of drug-likeness (QED) is 0.660. The molecule has 2 atom stereocenters. The Kier molecular flexibility index (Phi) is 3.32. The number of nitrogens with zero attached hydrogens (tertiary/aromatic N) is 1. The van der Waals surface area contributed by atoms with Gasteiger partial charge in [-0.1, -0.05) is 0 Å². The normalized spacial score (nSPS) is 31.9. The van der Waals surface area contributed by atoms with Gasteiger partial charge in [0.2, 0.25) is 10.0 Å². The van der Waals surface area contributed by atoms with E-state index in [1.165, 1.54) is 0 Å². The molecule has 4 nitrogen and oxygen atoms in total. The Morgan fingerprint density at radius 3 is 2.15 bits per heavy atom. The van der Waals surface area contributed by atoms with E-state index in [9.17, 15) is 8.42 Å². The molecule has 0 spiro atoms. The molecule has 5 heteroatoms. The van der Waals surface area contributed by atoms with E-state index in [0.717, 1.165) is 0 Å². The van der Waals surface area contributed by atoms with Crippen molar-refractivity contribution in [1.82, 2.24) is 4.31 Å². The van der Waals surface area contributed by atoms with E-state index >= 15 is 0 Å². The van der Waals surface area contributed by atoms with Crippen molar-refractivity contribution in [2.45, 2.75) is 32.9 Å². The molecule has 0 N–H and O–H groups in total. The summed E-state index contributed by atoms with van der Waals surface area (Å²) in [4.78, 5) is 0. The predicted molar refractivity (Wildman–Crippen MR) is 51.0 cm³/mol. The molecule has 1 aliphatic rings. The fraction of sp³-hybridized carbons (Fsp3) is 1.00. The molecule has 1 aliphatic heterocycles. The molecule has 0 aromatic heterocycles. The van der Waals surface area contributed by atoms with Crippen LogP contribution in [0.5, 0.6) is 0 Å². The van der Waals surface area contributed by atoms with Gasteiger partial charge >= 0.3 is 0 Å². The second-order valence-corrected chi connectivity index (χ2v) is 5.63. The number of hydrogen-bond donors (Lipinski definition) is 0. The van der Waals surface area contributed by atoms with E-state index in [4.69, 9.17) is 4.74 Å². The third-order valence-corrected chi connectivity index (χ3v) is 4.36. The molecule has 0 aromatic carbocycles. The Labute approximate surface area is 79.9 Å². The number of rotatable bonds is 2. The lowest BCUT2D eigenvalue weighted by Crippen LogP contribution is -2.52. The maximum atomic E-state index is 11.6. The molecule has 1 fully saturated rings. The van der Waals surface area contributed by atoms with E-state index < -0.39 is 10.0 Å². The Bertz CT molecular complexity index is 253. The summed E-state index contributed by atoms with van der Waals surface area (Å²) >= 11 is 0.